The fraction of sp³-hybridized carbons (Fsp3) is 0.500. The van der Waals surface area contributed by atoms with Gasteiger partial charge in [-0.05, 0) is 0 Å². The molecule has 0 aromatic heterocycles. The monoisotopic (exact) mass is 134 g/mol. The molecule has 0 N–H and O–H groups in total. The van der Waals surface area contributed by atoms with Crippen molar-refractivity contribution in [2.75, 3.05) is 6.61 Å². The summed E-state index contributed by atoms with van der Waals surface area (Å²) in [7, 11) is -3.08. The topological polar surface area (TPSA) is 46.7 Å². The highest BCUT2D eigenvalue weighted by atomic mass is 32.2. The molecular weight excluding hydrogens is 128 g/mol. The van der Waals surface area contributed by atoms with Gasteiger partial charge in [-0.15, -0.1) is 0 Å². The molecule has 0 bridgehead atoms. The zero-order chi connectivity index (χ0) is 6.20. The SMILES string of the molecule is C=CS(=O)(=O)C1CO1. The molecule has 1 heterocycles. The molecule has 1 unspecified atom stereocenters. The van der Waals surface area contributed by atoms with Gasteiger partial charge in [-0.2, -0.15) is 0 Å². The summed E-state index contributed by atoms with van der Waals surface area (Å²) in [6, 6.07) is 0. The maximum Gasteiger partial charge on any atom is 0.200 e. The summed E-state index contributed by atoms with van der Waals surface area (Å²) >= 11 is 0. The van der Waals surface area contributed by atoms with Gasteiger partial charge < -0.3 is 4.74 Å². The van der Waals surface area contributed by atoms with E-state index in [-0.39, 0.29) is 0 Å². The first-order chi connectivity index (χ1) is 3.67. The van der Waals surface area contributed by atoms with Crippen molar-refractivity contribution in [3.05, 3.63) is 12.0 Å². The summed E-state index contributed by atoms with van der Waals surface area (Å²) < 4.78 is 25.5. The standard InChI is InChI=1S/C4H6O3S/c1-2-8(5,6)4-3-7-4/h2,4H,1,3H2. The van der Waals surface area contributed by atoms with Crippen LogP contribution in [0.5, 0.6) is 0 Å². The molecule has 0 radical (unpaired) electrons. The van der Waals surface area contributed by atoms with Crippen LogP contribution in [0.4, 0.5) is 0 Å². The molecule has 1 aliphatic heterocycles. The maximum atomic E-state index is 10.5. The number of hydrogen-bond acceptors (Lipinski definition) is 3. The quantitative estimate of drug-likeness (QED) is 0.495. The molecule has 0 aromatic rings. The average molecular weight is 134 g/mol. The molecule has 0 spiro atoms. The van der Waals surface area contributed by atoms with Crippen molar-refractivity contribution in [1.29, 1.82) is 0 Å². The molecular formula is C4H6O3S. The highest BCUT2D eigenvalue weighted by Gasteiger charge is 2.34. The van der Waals surface area contributed by atoms with Crippen LogP contribution in [0.25, 0.3) is 0 Å². The number of hydrogen-bond donors (Lipinski definition) is 0. The third-order valence-corrected chi connectivity index (χ3v) is 2.37. The van der Waals surface area contributed by atoms with Crippen molar-refractivity contribution in [3.8, 4) is 0 Å². The van der Waals surface area contributed by atoms with E-state index in [1.54, 1.807) is 0 Å². The molecule has 0 aromatic carbocycles. The minimum Gasteiger partial charge on any atom is -0.356 e. The Labute approximate surface area is 47.9 Å². The van der Waals surface area contributed by atoms with E-state index in [0.29, 0.717) is 6.61 Å². The van der Waals surface area contributed by atoms with Crippen LogP contribution >= 0.6 is 0 Å². The molecule has 1 atom stereocenters. The van der Waals surface area contributed by atoms with Gasteiger partial charge in [0.15, 0.2) is 15.3 Å². The lowest BCUT2D eigenvalue weighted by Gasteiger charge is -1.84. The summed E-state index contributed by atoms with van der Waals surface area (Å²) in [5, 5.41) is 0.921. The second kappa shape index (κ2) is 1.56. The zero-order valence-corrected chi connectivity index (χ0v) is 5.02. The zero-order valence-electron chi connectivity index (χ0n) is 4.20. The maximum absolute atomic E-state index is 10.5. The lowest BCUT2D eigenvalue weighted by Crippen LogP contribution is -2.01. The molecule has 8 heavy (non-hydrogen) atoms. The van der Waals surface area contributed by atoms with Crippen LogP contribution < -0.4 is 0 Å². The normalized spacial score (nSPS) is 27.2. The lowest BCUT2D eigenvalue weighted by atomic mass is 11.0. The second-order valence-corrected chi connectivity index (χ2v) is 3.56. The van der Waals surface area contributed by atoms with Crippen LogP contribution in [-0.4, -0.2) is 20.5 Å². The summed E-state index contributed by atoms with van der Waals surface area (Å²) in [6.45, 7) is 3.45. The van der Waals surface area contributed by atoms with E-state index in [9.17, 15) is 8.42 Å². The molecule has 0 aliphatic carbocycles. The Morgan fingerprint density at radius 2 is 2.25 bits per heavy atom. The Morgan fingerprint density at radius 3 is 2.38 bits per heavy atom. The number of sulfone groups is 1. The van der Waals surface area contributed by atoms with Gasteiger partial charge in [0.05, 0.1) is 6.61 Å². The van der Waals surface area contributed by atoms with Gasteiger partial charge in [0.1, 0.15) is 0 Å². The highest BCUT2D eigenvalue weighted by Crippen LogP contribution is 2.17. The Morgan fingerprint density at radius 1 is 1.75 bits per heavy atom. The first-order valence-corrected chi connectivity index (χ1v) is 3.76. The van der Waals surface area contributed by atoms with Crippen LogP contribution in [0.2, 0.25) is 0 Å². The highest BCUT2D eigenvalue weighted by molar-refractivity contribution is 7.94. The van der Waals surface area contributed by atoms with Gasteiger partial charge in [0.25, 0.3) is 0 Å². The fourth-order valence-electron chi connectivity index (χ4n) is 0.336. The van der Waals surface area contributed by atoms with Crippen LogP contribution in [0.3, 0.4) is 0 Å². The number of epoxide rings is 1. The Bertz CT molecular complexity index is 187. The van der Waals surface area contributed by atoms with Gasteiger partial charge >= 0.3 is 0 Å². The lowest BCUT2D eigenvalue weighted by molar-refractivity contribution is 0.447. The van der Waals surface area contributed by atoms with Gasteiger partial charge in [-0.1, -0.05) is 6.58 Å². The number of ether oxygens (including phenoxy) is 1. The first kappa shape index (κ1) is 5.78. The third kappa shape index (κ3) is 0.900. The van der Waals surface area contributed by atoms with E-state index in [1.165, 1.54) is 0 Å². The molecule has 0 saturated carbocycles. The van der Waals surface area contributed by atoms with Crippen molar-refractivity contribution in [1.82, 2.24) is 0 Å². The van der Waals surface area contributed by atoms with E-state index >= 15 is 0 Å². The van der Waals surface area contributed by atoms with E-state index in [1.807, 2.05) is 0 Å². The number of rotatable bonds is 2. The molecule has 3 nitrogen and oxygen atoms in total. The minimum atomic E-state index is -3.08. The van der Waals surface area contributed by atoms with Crippen molar-refractivity contribution < 1.29 is 13.2 Å². The fourth-order valence-corrected chi connectivity index (χ4v) is 1.01. The summed E-state index contributed by atoms with van der Waals surface area (Å²) in [4.78, 5) is 0. The van der Waals surface area contributed by atoms with Crippen LogP contribution in [0, 0.1) is 0 Å². The van der Waals surface area contributed by atoms with E-state index in [4.69, 9.17) is 0 Å². The first-order valence-electron chi connectivity index (χ1n) is 2.15. The van der Waals surface area contributed by atoms with Gasteiger partial charge in [-0.3, -0.25) is 0 Å². The minimum absolute atomic E-state index is 0.328. The third-order valence-electron chi connectivity index (χ3n) is 0.901. The van der Waals surface area contributed by atoms with Crippen LogP contribution in [0.1, 0.15) is 0 Å². The molecule has 1 aliphatic rings. The van der Waals surface area contributed by atoms with Gasteiger partial charge in [-0.25, -0.2) is 8.42 Å². The molecule has 1 saturated heterocycles. The summed E-state index contributed by atoms with van der Waals surface area (Å²) in [6.07, 6.45) is 0. The van der Waals surface area contributed by atoms with Crippen LogP contribution in [-0.2, 0) is 14.6 Å². The summed E-state index contributed by atoms with van der Waals surface area (Å²) in [5.41, 5.74) is -0.583. The van der Waals surface area contributed by atoms with Gasteiger partial charge in [0.2, 0.25) is 0 Å². The van der Waals surface area contributed by atoms with Crippen molar-refractivity contribution in [3.63, 3.8) is 0 Å². The summed E-state index contributed by atoms with van der Waals surface area (Å²) in [5.74, 6) is 0. The smallest absolute Gasteiger partial charge is 0.200 e. The van der Waals surface area contributed by atoms with Crippen molar-refractivity contribution in [2.45, 2.75) is 5.44 Å². The second-order valence-electron chi connectivity index (χ2n) is 1.52. The van der Waals surface area contributed by atoms with Crippen molar-refractivity contribution in [2.24, 2.45) is 0 Å². The van der Waals surface area contributed by atoms with Crippen molar-refractivity contribution >= 4 is 9.84 Å². The molecule has 0 amide bonds. The van der Waals surface area contributed by atoms with E-state index in [0.717, 1.165) is 5.41 Å². The molecule has 1 fully saturated rings. The molecule has 4 heteroatoms. The predicted molar refractivity (Wildman–Crippen MR) is 28.9 cm³/mol. The average Bonchev–Trinajstić information content (AvgIpc) is 2.44. The Hall–Kier alpha value is -0.350. The van der Waals surface area contributed by atoms with Gasteiger partial charge in [0, 0.05) is 5.41 Å². The largest absolute Gasteiger partial charge is 0.356 e. The van der Waals surface area contributed by atoms with E-state index < -0.39 is 15.3 Å². The Balaban J connectivity index is 2.79. The van der Waals surface area contributed by atoms with Crippen LogP contribution in [0.15, 0.2) is 12.0 Å². The predicted octanol–water partition coefficient (Wildman–Crippen LogP) is -0.0990. The molecule has 1 rings (SSSR count). The van der Waals surface area contributed by atoms with E-state index in [2.05, 4.69) is 11.3 Å². The Kier molecular flexibility index (Phi) is 1.13. The molecule has 46 valence electrons.